The average molecular weight is 587 g/mol. The Morgan fingerprint density at radius 3 is 1.50 bits per heavy atom. The zero-order chi connectivity index (χ0) is 30.2. The van der Waals surface area contributed by atoms with E-state index in [0.29, 0.717) is 37.8 Å². The summed E-state index contributed by atoms with van der Waals surface area (Å²) in [6.07, 6.45) is 11.9. The van der Waals surface area contributed by atoms with E-state index in [1.54, 1.807) is 23.9 Å². The fourth-order valence-corrected chi connectivity index (χ4v) is 5.69. The maximum Gasteiger partial charge on any atom is 0.407 e. The van der Waals surface area contributed by atoms with Gasteiger partial charge >= 0.3 is 12.2 Å². The largest absolute Gasteiger partial charge is 0.448 e. The van der Waals surface area contributed by atoms with Crippen molar-refractivity contribution in [3.05, 3.63) is 35.4 Å². The van der Waals surface area contributed by atoms with Crippen molar-refractivity contribution < 1.29 is 28.7 Å². The van der Waals surface area contributed by atoms with E-state index in [-0.39, 0.29) is 38.1 Å². The maximum atomic E-state index is 12.4. The Morgan fingerprint density at radius 1 is 0.690 bits per heavy atom. The SMILES string of the molecule is CN(CCOC(=O)NCc1cccc(CNC(=O)OCCN(C)C(=O)CC2CCCCC2)c1)C(=O)CC1CCCCC1. The third-order valence-electron chi connectivity index (χ3n) is 8.41. The van der Waals surface area contributed by atoms with Crippen LogP contribution in [0, 0.1) is 11.8 Å². The molecule has 0 atom stereocenters. The lowest BCUT2D eigenvalue weighted by Gasteiger charge is -2.24. The molecular weight excluding hydrogens is 536 g/mol. The first-order valence-electron chi connectivity index (χ1n) is 15.7. The standard InChI is InChI=1S/C32H50N4O6/c1-35(29(37)21-25-10-5-3-6-11-25)16-18-41-31(39)33-23-27-14-9-15-28(20-27)24-34-32(40)42-19-17-36(2)30(38)22-26-12-7-4-8-13-26/h9,14-15,20,25-26H,3-8,10-13,16-19,21-24H2,1-2H3,(H,33,39)(H,34,40). The molecule has 0 radical (unpaired) electrons. The number of rotatable bonds is 14. The van der Waals surface area contributed by atoms with E-state index in [2.05, 4.69) is 10.6 Å². The summed E-state index contributed by atoms with van der Waals surface area (Å²) < 4.78 is 10.5. The van der Waals surface area contributed by atoms with Crippen LogP contribution in [-0.4, -0.2) is 74.2 Å². The van der Waals surface area contributed by atoms with E-state index in [1.807, 2.05) is 24.3 Å². The molecule has 2 aliphatic carbocycles. The molecule has 2 aliphatic rings. The minimum atomic E-state index is -0.544. The Kier molecular flexibility index (Phi) is 14.5. The zero-order valence-corrected chi connectivity index (χ0v) is 25.5. The third-order valence-corrected chi connectivity index (χ3v) is 8.41. The molecule has 10 nitrogen and oxygen atoms in total. The minimum Gasteiger partial charge on any atom is -0.448 e. The molecule has 3 rings (SSSR count). The van der Waals surface area contributed by atoms with Gasteiger partial charge in [-0.2, -0.15) is 0 Å². The van der Waals surface area contributed by atoms with E-state index < -0.39 is 12.2 Å². The predicted molar refractivity (Wildman–Crippen MR) is 160 cm³/mol. The van der Waals surface area contributed by atoms with Gasteiger partial charge in [-0.25, -0.2) is 9.59 Å². The van der Waals surface area contributed by atoms with E-state index in [9.17, 15) is 19.2 Å². The molecule has 2 N–H and O–H groups in total. The molecule has 0 unspecified atom stereocenters. The van der Waals surface area contributed by atoms with Crippen molar-refractivity contribution in [1.82, 2.24) is 20.4 Å². The second-order valence-electron chi connectivity index (χ2n) is 11.8. The quantitative estimate of drug-likeness (QED) is 0.317. The van der Waals surface area contributed by atoms with Crippen LogP contribution in [0.3, 0.4) is 0 Å². The van der Waals surface area contributed by atoms with E-state index in [1.165, 1.54) is 38.5 Å². The number of carbonyl (C=O) groups is 4. The number of carbonyl (C=O) groups excluding carboxylic acids is 4. The van der Waals surface area contributed by atoms with E-state index in [0.717, 1.165) is 36.8 Å². The Hall–Kier alpha value is -3.30. The summed E-state index contributed by atoms with van der Waals surface area (Å²) in [5, 5.41) is 5.45. The van der Waals surface area contributed by atoms with Crippen LogP contribution in [0.5, 0.6) is 0 Å². The summed E-state index contributed by atoms with van der Waals surface area (Å²) in [5.41, 5.74) is 1.72. The van der Waals surface area contributed by atoms with Crippen LogP contribution in [0.4, 0.5) is 9.59 Å². The molecule has 0 heterocycles. The van der Waals surface area contributed by atoms with Crippen LogP contribution in [0.15, 0.2) is 24.3 Å². The lowest BCUT2D eigenvalue weighted by Crippen LogP contribution is -2.34. The van der Waals surface area contributed by atoms with Crippen molar-refractivity contribution in [3.63, 3.8) is 0 Å². The first-order chi connectivity index (χ1) is 20.3. The Balaban J connectivity index is 1.25. The molecule has 0 saturated heterocycles. The van der Waals surface area contributed by atoms with Crippen molar-refractivity contribution in [2.45, 2.75) is 90.1 Å². The van der Waals surface area contributed by atoms with Crippen LogP contribution in [0.2, 0.25) is 0 Å². The van der Waals surface area contributed by atoms with Gasteiger partial charge in [0, 0.05) is 40.0 Å². The minimum absolute atomic E-state index is 0.104. The number of hydrogen-bond acceptors (Lipinski definition) is 6. The second-order valence-corrected chi connectivity index (χ2v) is 11.8. The van der Waals surface area contributed by atoms with Crippen LogP contribution >= 0.6 is 0 Å². The Morgan fingerprint density at radius 2 is 1.10 bits per heavy atom. The van der Waals surface area contributed by atoms with Crippen LogP contribution in [0.1, 0.15) is 88.2 Å². The summed E-state index contributed by atoms with van der Waals surface area (Å²) in [4.78, 5) is 52.4. The predicted octanol–water partition coefficient (Wildman–Crippen LogP) is 5.00. The monoisotopic (exact) mass is 586 g/mol. The molecule has 0 bridgehead atoms. The van der Waals surface area contributed by atoms with Gasteiger partial charge in [-0.05, 0) is 48.6 Å². The fourth-order valence-electron chi connectivity index (χ4n) is 5.69. The molecule has 234 valence electrons. The molecule has 1 aromatic carbocycles. The first-order valence-corrected chi connectivity index (χ1v) is 15.7. The van der Waals surface area contributed by atoms with Crippen molar-refractivity contribution in [3.8, 4) is 0 Å². The third kappa shape index (κ3) is 12.7. The van der Waals surface area contributed by atoms with Crippen LogP contribution < -0.4 is 10.6 Å². The van der Waals surface area contributed by atoms with Gasteiger partial charge in [-0.1, -0.05) is 62.8 Å². The topological polar surface area (TPSA) is 117 Å². The van der Waals surface area contributed by atoms with Crippen LogP contribution in [0.25, 0.3) is 0 Å². The van der Waals surface area contributed by atoms with Gasteiger partial charge in [-0.15, -0.1) is 0 Å². The smallest absolute Gasteiger partial charge is 0.407 e. The molecular formula is C32H50N4O6. The summed E-state index contributed by atoms with van der Waals surface area (Å²) in [5.74, 6) is 1.17. The van der Waals surface area contributed by atoms with Crippen molar-refractivity contribution in [2.24, 2.45) is 11.8 Å². The Labute approximate surface area is 250 Å². The molecule has 10 heteroatoms. The van der Waals surface area contributed by atoms with Crippen LogP contribution in [-0.2, 0) is 32.2 Å². The number of alkyl carbamates (subject to hydrolysis) is 2. The number of hydrogen-bond donors (Lipinski definition) is 2. The maximum absolute atomic E-state index is 12.4. The van der Waals surface area contributed by atoms with Gasteiger partial charge in [0.05, 0.1) is 13.1 Å². The van der Waals surface area contributed by atoms with Gasteiger partial charge in [0.1, 0.15) is 13.2 Å². The lowest BCUT2D eigenvalue weighted by atomic mass is 9.87. The van der Waals surface area contributed by atoms with Gasteiger partial charge in [-0.3, -0.25) is 9.59 Å². The number of nitrogens with one attached hydrogen (secondary N) is 2. The summed E-state index contributed by atoms with van der Waals surface area (Å²) in [7, 11) is 3.50. The highest BCUT2D eigenvalue weighted by molar-refractivity contribution is 5.76. The summed E-state index contributed by atoms with van der Waals surface area (Å²) >= 11 is 0. The highest BCUT2D eigenvalue weighted by Crippen LogP contribution is 2.27. The fraction of sp³-hybridized carbons (Fsp3) is 0.688. The van der Waals surface area contributed by atoms with Gasteiger partial charge in [0.15, 0.2) is 0 Å². The summed E-state index contributed by atoms with van der Waals surface area (Å²) in [6.45, 7) is 1.54. The molecule has 42 heavy (non-hydrogen) atoms. The first kappa shape index (κ1) is 33.2. The van der Waals surface area contributed by atoms with Gasteiger partial charge in [0.25, 0.3) is 0 Å². The molecule has 0 spiro atoms. The van der Waals surface area contributed by atoms with Gasteiger partial charge in [0.2, 0.25) is 11.8 Å². The molecule has 0 aliphatic heterocycles. The molecule has 1 aromatic rings. The highest BCUT2D eigenvalue weighted by Gasteiger charge is 2.20. The molecule has 0 aromatic heterocycles. The van der Waals surface area contributed by atoms with Crippen molar-refractivity contribution in [2.75, 3.05) is 40.4 Å². The van der Waals surface area contributed by atoms with E-state index >= 15 is 0 Å². The molecule has 2 fully saturated rings. The normalized spacial score (nSPS) is 15.9. The number of nitrogens with zero attached hydrogens (tertiary/aromatic N) is 2. The number of likely N-dealkylation sites (N-methyl/N-ethyl adjacent to an activating group) is 2. The number of benzene rings is 1. The van der Waals surface area contributed by atoms with Gasteiger partial charge < -0.3 is 29.9 Å². The van der Waals surface area contributed by atoms with E-state index in [4.69, 9.17) is 9.47 Å². The van der Waals surface area contributed by atoms with Crippen molar-refractivity contribution in [1.29, 1.82) is 0 Å². The average Bonchev–Trinajstić information content (AvgIpc) is 3.00. The van der Waals surface area contributed by atoms with Crippen molar-refractivity contribution >= 4 is 24.0 Å². The molecule has 4 amide bonds. The zero-order valence-electron chi connectivity index (χ0n) is 25.5. The second kappa shape index (κ2) is 18.3. The number of amides is 4. The summed E-state index contributed by atoms with van der Waals surface area (Å²) in [6, 6.07) is 7.49. The lowest BCUT2D eigenvalue weighted by molar-refractivity contribution is -0.132. The highest BCUT2D eigenvalue weighted by atomic mass is 16.6. The Bertz CT molecular complexity index is 931. The molecule has 2 saturated carbocycles. The number of ether oxygens (including phenoxy) is 2.